The molecule has 2 N–H and O–H groups in total. The van der Waals surface area contributed by atoms with Gasteiger partial charge in [0.25, 0.3) is 0 Å². The fourth-order valence-electron chi connectivity index (χ4n) is 3.29. The smallest absolute Gasteiger partial charge is 0.309 e. The van der Waals surface area contributed by atoms with E-state index in [0.29, 0.717) is 19.0 Å². The highest BCUT2D eigenvalue weighted by Gasteiger charge is 2.21. The summed E-state index contributed by atoms with van der Waals surface area (Å²) in [6.45, 7) is 3.94. The number of nitrogens with zero attached hydrogens (tertiary/aromatic N) is 1. The van der Waals surface area contributed by atoms with Crippen molar-refractivity contribution in [3.05, 3.63) is 52.2 Å². The Morgan fingerprint density at radius 3 is 2.46 bits per heavy atom. The molecule has 0 spiro atoms. The number of likely N-dealkylation sites (tertiary alicyclic amines) is 1. The molecule has 1 aromatic carbocycles. The Morgan fingerprint density at radius 1 is 1.11 bits per heavy atom. The number of ether oxygens (including phenoxy) is 1. The summed E-state index contributed by atoms with van der Waals surface area (Å²) in [4.78, 5) is 27.9. The molecule has 1 aliphatic heterocycles. The zero-order valence-corrected chi connectivity index (χ0v) is 17.0. The van der Waals surface area contributed by atoms with Crippen LogP contribution in [0.5, 0.6) is 5.75 Å². The van der Waals surface area contributed by atoms with Gasteiger partial charge in [0.2, 0.25) is 0 Å². The maximum absolute atomic E-state index is 12.0. The molecule has 1 saturated heterocycles. The van der Waals surface area contributed by atoms with Gasteiger partial charge in [0.15, 0.2) is 0 Å². The minimum atomic E-state index is -0.592. The third-order valence-corrected chi connectivity index (χ3v) is 5.90. The zero-order chi connectivity index (χ0) is 19.8. The molecule has 1 aliphatic rings. The number of rotatable bonds is 7. The van der Waals surface area contributed by atoms with Crippen LogP contribution in [-0.2, 0) is 22.7 Å². The zero-order valence-electron chi connectivity index (χ0n) is 16.1. The number of methoxy groups -OCH3 is 1. The Bertz CT molecular complexity index is 754. The molecule has 2 amide bonds. The van der Waals surface area contributed by atoms with Gasteiger partial charge in [0.1, 0.15) is 5.75 Å². The normalized spacial score (nSPS) is 15.2. The van der Waals surface area contributed by atoms with Gasteiger partial charge in [-0.15, -0.1) is 11.3 Å². The molecule has 0 aliphatic carbocycles. The molecule has 7 heteroatoms. The SMILES string of the molecule is COc1ccc(CNC(=O)C(=O)NCC2CCN(Cc3cccs3)CC2)cc1. The number of hydrogen-bond acceptors (Lipinski definition) is 5. The van der Waals surface area contributed by atoms with Crippen LogP contribution in [0.1, 0.15) is 23.3 Å². The average Bonchev–Trinajstić information content (AvgIpc) is 3.24. The summed E-state index contributed by atoms with van der Waals surface area (Å²) < 4.78 is 5.10. The fourth-order valence-corrected chi connectivity index (χ4v) is 4.04. The van der Waals surface area contributed by atoms with Gasteiger partial charge in [0, 0.05) is 24.5 Å². The molecule has 0 saturated carbocycles. The molecule has 3 rings (SSSR count). The lowest BCUT2D eigenvalue weighted by Crippen LogP contribution is -2.43. The molecule has 1 fully saturated rings. The first-order valence-corrected chi connectivity index (χ1v) is 10.5. The van der Waals surface area contributed by atoms with Crippen molar-refractivity contribution in [2.45, 2.75) is 25.9 Å². The fraction of sp³-hybridized carbons (Fsp3) is 0.429. The van der Waals surface area contributed by atoms with E-state index in [1.807, 2.05) is 24.3 Å². The molecule has 0 radical (unpaired) electrons. The predicted molar refractivity (Wildman–Crippen MR) is 110 cm³/mol. The maximum atomic E-state index is 12.0. The largest absolute Gasteiger partial charge is 0.497 e. The standard InChI is InChI=1S/C21H27N3O3S/c1-27-18-6-4-16(5-7-18)13-22-20(25)21(26)23-14-17-8-10-24(11-9-17)15-19-3-2-12-28-19/h2-7,12,17H,8-11,13-15H2,1H3,(H,22,25)(H,23,26). The monoisotopic (exact) mass is 401 g/mol. The first-order chi connectivity index (χ1) is 13.6. The van der Waals surface area contributed by atoms with Crippen LogP contribution < -0.4 is 15.4 Å². The van der Waals surface area contributed by atoms with Crippen molar-refractivity contribution in [1.82, 2.24) is 15.5 Å². The van der Waals surface area contributed by atoms with Crippen molar-refractivity contribution in [2.75, 3.05) is 26.7 Å². The van der Waals surface area contributed by atoms with Gasteiger partial charge in [0.05, 0.1) is 7.11 Å². The minimum absolute atomic E-state index is 0.317. The van der Waals surface area contributed by atoms with Gasteiger partial charge in [-0.1, -0.05) is 18.2 Å². The highest BCUT2D eigenvalue weighted by Crippen LogP contribution is 2.20. The molecule has 2 heterocycles. The van der Waals surface area contributed by atoms with Gasteiger partial charge in [-0.25, -0.2) is 0 Å². The van der Waals surface area contributed by atoms with Crippen molar-refractivity contribution in [3.8, 4) is 5.75 Å². The van der Waals surface area contributed by atoms with Crippen LogP contribution >= 0.6 is 11.3 Å². The van der Waals surface area contributed by atoms with Crippen LogP contribution in [0.25, 0.3) is 0 Å². The Morgan fingerprint density at radius 2 is 1.82 bits per heavy atom. The average molecular weight is 402 g/mol. The number of amides is 2. The summed E-state index contributed by atoms with van der Waals surface area (Å²) in [5, 5.41) is 7.54. The lowest BCUT2D eigenvalue weighted by Gasteiger charge is -2.31. The molecular weight excluding hydrogens is 374 g/mol. The van der Waals surface area contributed by atoms with E-state index in [1.54, 1.807) is 18.4 Å². The summed E-state index contributed by atoms with van der Waals surface area (Å²) in [6, 6.07) is 11.6. The van der Waals surface area contributed by atoms with E-state index in [1.165, 1.54) is 4.88 Å². The lowest BCUT2D eigenvalue weighted by molar-refractivity contribution is -0.139. The lowest BCUT2D eigenvalue weighted by atomic mass is 9.97. The van der Waals surface area contributed by atoms with Gasteiger partial charge in [-0.2, -0.15) is 0 Å². The molecular formula is C21H27N3O3S. The second-order valence-electron chi connectivity index (χ2n) is 7.04. The Balaban J connectivity index is 1.32. The van der Waals surface area contributed by atoms with Gasteiger partial charge < -0.3 is 15.4 Å². The van der Waals surface area contributed by atoms with E-state index in [-0.39, 0.29) is 0 Å². The first-order valence-electron chi connectivity index (χ1n) is 9.57. The predicted octanol–water partition coefficient (Wildman–Crippen LogP) is 2.40. The second kappa shape index (κ2) is 10.2. The van der Waals surface area contributed by atoms with Crippen LogP contribution in [-0.4, -0.2) is 43.5 Å². The Kier molecular flexibility index (Phi) is 7.45. The quantitative estimate of drug-likeness (QED) is 0.699. The van der Waals surface area contributed by atoms with E-state index in [0.717, 1.165) is 43.8 Å². The van der Waals surface area contributed by atoms with E-state index >= 15 is 0 Å². The van der Waals surface area contributed by atoms with Crippen LogP contribution in [0.3, 0.4) is 0 Å². The molecule has 28 heavy (non-hydrogen) atoms. The number of piperidine rings is 1. The Hall–Kier alpha value is -2.38. The molecule has 6 nitrogen and oxygen atoms in total. The van der Waals surface area contributed by atoms with E-state index in [9.17, 15) is 9.59 Å². The van der Waals surface area contributed by atoms with Gasteiger partial charge in [-0.05, 0) is 61.0 Å². The number of thiophene rings is 1. The second-order valence-corrected chi connectivity index (χ2v) is 8.07. The highest BCUT2D eigenvalue weighted by atomic mass is 32.1. The summed E-state index contributed by atoms with van der Waals surface area (Å²) in [5.41, 5.74) is 0.917. The van der Waals surface area contributed by atoms with E-state index in [2.05, 4.69) is 33.0 Å². The van der Waals surface area contributed by atoms with Crippen molar-refractivity contribution >= 4 is 23.2 Å². The number of carbonyl (C=O) groups excluding carboxylic acids is 2. The molecule has 2 aromatic rings. The van der Waals surface area contributed by atoms with Crippen molar-refractivity contribution in [2.24, 2.45) is 5.92 Å². The van der Waals surface area contributed by atoms with Crippen LogP contribution in [0, 0.1) is 5.92 Å². The van der Waals surface area contributed by atoms with Gasteiger partial charge >= 0.3 is 11.8 Å². The number of benzene rings is 1. The van der Waals surface area contributed by atoms with Crippen molar-refractivity contribution in [3.63, 3.8) is 0 Å². The maximum Gasteiger partial charge on any atom is 0.309 e. The van der Waals surface area contributed by atoms with E-state index in [4.69, 9.17) is 4.74 Å². The molecule has 0 bridgehead atoms. The topological polar surface area (TPSA) is 70.7 Å². The third-order valence-electron chi connectivity index (χ3n) is 5.04. The van der Waals surface area contributed by atoms with Crippen LogP contribution in [0.4, 0.5) is 0 Å². The Labute approximate surface area is 169 Å². The third kappa shape index (κ3) is 6.07. The van der Waals surface area contributed by atoms with Crippen LogP contribution in [0.15, 0.2) is 41.8 Å². The molecule has 0 unspecified atom stereocenters. The van der Waals surface area contributed by atoms with Crippen molar-refractivity contribution in [1.29, 1.82) is 0 Å². The molecule has 1 aromatic heterocycles. The number of hydrogen-bond donors (Lipinski definition) is 2. The summed E-state index contributed by atoms with van der Waals surface area (Å²) in [6.07, 6.45) is 2.08. The molecule has 0 atom stereocenters. The first kappa shape index (κ1) is 20.4. The molecule has 150 valence electrons. The van der Waals surface area contributed by atoms with Crippen molar-refractivity contribution < 1.29 is 14.3 Å². The number of carbonyl (C=O) groups is 2. The highest BCUT2D eigenvalue weighted by molar-refractivity contribution is 7.09. The summed E-state index contributed by atoms with van der Waals surface area (Å²) in [7, 11) is 1.61. The summed E-state index contributed by atoms with van der Waals surface area (Å²) >= 11 is 1.79. The number of nitrogens with one attached hydrogen (secondary N) is 2. The minimum Gasteiger partial charge on any atom is -0.497 e. The summed E-state index contributed by atoms with van der Waals surface area (Å²) in [5.74, 6) is 0.0349. The van der Waals surface area contributed by atoms with Crippen LogP contribution in [0.2, 0.25) is 0 Å². The van der Waals surface area contributed by atoms with Gasteiger partial charge in [-0.3, -0.25) is 14.5 Å². The van der Waals surface area contributed by atoms with E-state index < -0.39 is 11.8 Å².